The SMILES string of the molecule is CCCC1CCC(c2ccc(CCCCCC(O)Oc3ccc(-c4cc(F)c(-c5cc(F)c(C#N)c(F)c5)c(F)c4)cc3)cc2)CC1. The second-order valence-corrected chi connectivity index (χ2v) is 12.7. The molecule has 3 nitrogen and oxygen atoms in total. The molecule has 0 saturated heterocycles. The molecule has 0 aromatic heterocycles. The van der Waals surface area contributed by atoms with Gasteiger partial charge >= 0.3 is 0 Å². The van der Waals surface area contributed by atoms with Crippen LogP contribution in [-0.4, -0.2) is 11.4 Å². The van der Waals surface area contributed by atoms with E-state index in [2.05, 4.69) is 31.2 Å². The Morgan fingerprint density at radius 2 is 1.38 bits per heavy atom. The number of ether oxygens (including phenoxy) is 1. The average molecular weight is 644 g/mol. The monoisotopic (exact) mass is 643 g/mol. The first kappa shape index (κ1) is 34.2. The van der Waals surface area contributed by atoms with Gasteiger partial charge in [-0.3, -0.25) is 0 Å². The molecule has 47 heavy (non-hydrogen) atoms. The number of hydrogen-bond donors (Lipinski definition) is 1. The molecule has 1 fully saturated rings. The number of aryl methyl sites for hydroxylation is 1. The Kier molecular flexibility index (Phi) is 11.7. The molecule has 0 spiro atoms. The van der Waals surface area contributed by atoms with Crippen LogP contribution < -0.4 is 4.74 Å². The molecule has 1 unspecified atom stereocenters. The van der Waals surface area contributed by atoms with Gasteiger partial charge in [-0.25, -0.2) is 17.6 Å². The third kappa shape index (κ3) is 8.81. The Bertz CT molecular complexity index is 1630. The van der Waals surface area contributed by atoms with Gasteiger partial charge in [0.05, 0.1) is 5.56 Å². The maximum atomic E-state index is 15.0. The first-order valence-electron chi connectivity index (χ1n) is 16.7. The summed E-state index contributed by atoms with van der Waals surface area (Å²) in [6, 6.07) is 20.6. The van der Waals surface area contributed by atoms with Gasteiger partial charge in [0.15, 0.2) is 6.29 Å². The second-order valence-electron chi connectivity index (χ2n) is 12.7. The Morgan fingerprint density at radius 1 is 0.766 bits per heavy atom. The van der Waals surface area contributed by atoms with E-state index in [9.17, 15) is 22.7 Å². The van der Waals surface area contributed by atoms with Crippen molar-refractivity contribution >= 4 is 0 Å². The molecule has 246 valence electrons. The minimum absolute atomic E-state index is 0.217. The highest BCUT2D eigenvalue weighted by Crippen LogP contribution is 2.38. The van der Waals surface area contributed by atoms with E-state index < -0.39 is 40.7 Å². The number of aliphatic hydroxyl groups is 1. The number of nitriles is 1. The van der Waals surface area contributed by atoms with Gasteiger partial charge in [0.2, 0.25) is 0 Å². The van der Waals surface area contributed by atoms with Crippen LogP contribution in [-0.2, 0) is 6.42 Å². The van der Waals surface area contributed by atoms with E-state index in [1.54, 1.807) is 24.3 Å². The van der Waals surface area contributed by atoms with Gasteiger partial charge in [0.25, 0.3) is 0 Å². The topological polar surface area (TPSA) is 53.2 Å². The number of benzene rings is 4. The van der Waals surface area contributed by atoms with E-state index in [0.717, 1.165) is 55.9 Å². The Morgan fingerprint density at radius 3 is 1.98 bits per heavy atom. The Labute approximate surface area is 274 Å². The van der Waals surface area contributed by atoms with E-state index in [1.807, 2.05) is 0 Å². The van der Waals surface area contributed by atoms with Gasteiger partial charge in [0, 0.05) is 6.42 Å². The number of halogens is 4. The quantitative estimate of drug-likeness (QED) is 0.0896. The summed E-state index contributed by atoms with van der Waals surface area (Å²) in [5.74, 6) is -2.36. The molecule has 0 aliphatic heterocycles. The maximum Gasteiger partial charge on any atom is 0.197 e. The van der Waals surface area contributed by atoms with Crippen molar-refractivity contribution in [3.8, 4) is 34.1 Å². The number of aliphatic hydroxyl groups excluding tert-OH is 1. The summed E-state index contributed by atoms with van der Waals surface area (Å²) in [4.78, 5) is 0. The highest BCUT2D eigenvalue weighted by atomic mass is 19.1. The van der Waals surface area contributed by atoms with Gasteiger partial charge in [-0.05, 0) is 121 Å². The van der Waals surface area contributed by atoms with Crippen molar-refractivity contribution in [2.45, 2.75) is 89.8 Å². The number of rotatable bonds is 13. The zero-order valence-corrected chi connectivity index (χ0v) is 26.8. The Balaban J connectivity index is 1.06. The van der Waals surface area contributed by atoms with Crippen LogP contribution in [0.1, 0.15) is 93.7 Å². The van der Waals surface area contributed by atoms with Gasteiger partial charge in [0.1, 0.15) is 40.7 Å². The minimum Gasteiger partial charge on any atom is -0.465 e. The first-order chi connectivity index (χ1) is 22.7. The van der Waals surface area contributed by atoms with Crippen LogP contribution in [0, 0.1) is 40.5 Å². The lowest BCUT2D eigenvalue weighted by molar-refractivity contribution is -0.0245. The first-order valence-corrected chi connectivity index (χ1v) is 16.7. The molecule has 1 aliphatic rings. The molecule has 7 heteroatoms. The van der Waals surface area contributed by atoms with Crippen molar-refractivity contribution in [2.24, 2.45) is 5.92 Å². The van der Waals surface area contributed by atoms with Crippen LogP contribution in [0.5, 0.6) is 5.75 Å². The van der Waals surface area contributed by atoms with Crippen LogP contribution in [0.15, 0.2) is 72.8 Å². The van der Waals surface area contributed by atoms with Crippen molar-refractivity contribution in [2.75, 3.05) is 0 Å². The van der Waals surface area contributed by atoms with Crippen LogP contribution >= 0.6 is 0 Å². The summed E-state index contributed by atoms with van der Waals surface area (Å²) in [6.07, 6.45) is 11.3. The van der Waals surface area contributed by atoms with Crippen molar-refractivity contribution < 1.29 is 27.4 Å². The highest BCUT2D eigenvalue weighted by Gasteiger charge is 2.22. The fourth-order valence-corrected chi connectivity index (χ4v) is 6.76. The minimum atomic E-state index is -1.20. The zero-order chi connectivity index (χ0) is 33.3. The van der Waals surface area contributed by atoms with E-state index in [0.29, 0.717) is 23.7 Å². The van der Waals surface area contributed by atoms with Crippen molar-refractivity contribution in [1.29, 1.82) is 5.26 Å². The molecule has 5 rings (SSSR count). The summed E-state index contributed by atoms with van der Waals surface area (Å²) in [5.41, 5.74) is 1.77. The van der Waals surface area contributed by atoms with E-state index in [4.69, 9.17) is 10.00 Å². The molecular formula is C40H41F4NO2. The normalized spacial score (nSPS) is 16.9. The van der Waals surface area contributed by atoms with Crippen molar-refractivity contribution in [3.05, 3.63) is 113 Å². The average Bonchev–Trinajstić information content (AvgIpc) is 3.05. The molecule has 0 heterocycles. The van der Waals surface area contributed by atoms with Crippen LogP contribution in [0.3, 0.4) is 0 Å². The molecule has 4 aromatic carbocycles. The maximum absolute atomic E-state index is 15.0. The molecule has 1 atom stereocenters. The van der Waals surface area contributed by atoms with E-state index in [1.165, 1.54) is 55.7 Å². The predicted molar refractivity (Wildman–Crippen MR) is 177 cm³/mol. The molecule has 1 aliphatic carbocycles. The van der Waals surface area contributed by atoms with Gasteiger partial charge < -0.3 is 9.84 Å². The summed E-state index contributed by atoms with van der Waals surface area (Å²) in [7, 11) is 0. The van der Waals surface area contributed by atoms with Gasteiger partial charge in [-0.2, -0.15) is 5.26 Å². The van der Waals surface area contributed by atoms with E-state index >= 15 is 0 Å². The number of nitrogens with zero attached hydrogens (tertiary/aromatic N) is 1. The lowest BCUT2D eigenvalue weighted by Gasteiger charge is -2.28. The smallest absolute Gasteiger partial charge is 0.197 e. The summed E-state index contributed by atoms with van der Waals surface area (Å²) in [6.45, 7) is 2.28. The Hall–Kier alpha value is -4.15. The molecule has 1 N–H and O–H groups in total. The molecular weight excluding hydrogens is 602 g/mol. The highest BCUT2D eigenvalue weighted by molar-refractivity contribution is 5.72. The largest absolute Gasteiger partial charge is 0.465 e. The zero-order valence-electron chi connectivity index (χ0n) is 26.8. The van der Waals surface area contributed by atoms with E-state index in [-0.39, 0.29) is 11.1 Å². The fourth-order valence-electron chi connectivity index (χ4n) is 6.76. The van der Waals surface area contributed by atoms with Crippen molar-refractivity contribution in [1.82, 2.24) is 0 Å². The predicted octanol–water partition coefficient (Wildman–Crippen LogP) is 11.0. The standard InChI is InChI=1S/C40H41F4NO2/c1-2-6-26-9-13-28(14-10-26)29-15-11-27(12-16-29)7-4-3-5-8-39(46)47-33-19-17-30(18-20-33)31-21-37(43)40(38(44)22-31)32-23-35(41)34(25-45)36(42)24-32/h11-12,15-24,26,28,39,46H,2-10,13-14H2,1H3. The summed E-state index contributed by atoms with van der Waals surface area (Å²) < 4.78 is 63.7. The lowest BCUT2D eigenvalue weighted by Crippen LogP contribution is -2.15. The third-order valence-corrected chi connectivity index (χ3v) is 9.36. The fraction of sp³-hybridized carbons (Fsp3) is 0.375. The lowest BCUT2D eigenvalue weighted by atomic mass is 9.77. The molecule has 0 bridgehead atoms. The van der Waals surface area contributed by atoms with Crippen LogP contribution in [0.25, 0.3) is 22.3 Å². The van der Waals surface area contributed by atoms with Crippen molar-refractivity contribution in [3.63, 3.8) is 0 Å². The molecule has 0 amide bonds. The molecule has 1 saturated carbocycles. The van der Waals surface area contributed by atoms with Crippen LogP contribution in [0.4, 0.5) is 17.6 Å². The summed E-state index contributed by atoms with van der Waals surface area (Å²) >= 11 is 0. The van der Waals surface area contributed by atoms with Gasteiger partial charge in [-0.15, -0.1) is 0 Å². The van der Waals surface area contributed by atoms with Crippen LogP contribution in [0.2, 0.25) is 0 Å². The number of hydrogen-bond acceptors (Lipinski definition) is 3. The third-order valence-electron chi connectivity index (χ3n) is 9.36. The summed E-state index contributed by atoms with van der Waals surface area (Å²) in [5, 5.41) is 19.2. The molecule has 0 radical (unpaired) electrons. The van der Waals surface area contributed by atoms with Gasteiger partial charge in [-0.1, -0.05) is 62.6 Å². The number of unbranched alkanes of at least 4 members (excludes halogenated alkanes) is 2. The second kappa shape index (κ2) is 16.1. The molecule has 4 aromatic rings.